The molecule has 34 heavy (non-hydrogen) atoms. The molecule has 4 rings (SSSR count). The zero-order valence-electron chi connectivity index (χ0n) is 19.3. The summed E-state index contributed by atoms with van der Waals surface area (Å²) in [5.74, 6) is -1.50. The molecule has 172 valence electrons. The first-order valence-electron chi connectivity index (χ1n) is 9.79. The topological polar surface area (TPSA) is 155 Å². The second-order valence-electron chi connectivity index (χ2n) is 6.57. The molecule has 2 aromatic heterocycles. The number of carboxylic acid groups (broad SMARTS) is 1. The normalized spacial score (nSPS) is 9.62. The second kappa shape index (κ2) is 13.1. The quantitative estimate of drug-likeness (QED) is 0.318. The van der Waals surface area contributed by atoms with E-state index in [1.54, 1.807) is 25.5 Å². The minimum Gasteiger partial charge on any atom is -0.870 e. The molecular formula is C22H23LiN6O5. The molecule has 4 aromatic rings. The van der Waals surface area contributed by atoms with Gasteiger partial charge in [-0.1, -0.05) is 46.8 Å². The summed E-state index contributed by atoms with van der Waals surface area (Å²) < 4.78 is 8.02. The predicted molar refractivity (Wildman–Crippen MR) is 117 cm³/mol. The Morgan fingerprint density at radius 2 is 1.24 bits per heavy atom. The predicted octanol–water partition coefficient (Wildman–Crippen LogP) is -0.146. The smallest absolute Gasteiger partial charge is 0.870 e. The van der Waals surface area contributed by atoms with Crippen LogP contribution >= 0.6 is 0 Å². The van der Waals surface area contributed by atoms with Gasteiger partial charge in [0.2, 0.25) is 0 Å². The standard InChI is InChI=1S/C12H13N3O2.C10H9N3O2.Li.H2O/c1-3-17-12(16)11-9(2)15(14-13-11)10-7-5-4-6-8-10;1-7-9(10(14)15)11-12-13(7)8-5-3-2-4-6-8;;/h4-8H,3H2,1-2H3;2-6H,1H3,(H,14,15);;1H2/q;;+1;/p-1. The zero-order valence-corrected chi connectivity index (χ0v) is 19.3. The van der Waals surface area contributed by atoms with E-state index in [9.17, 15) is 9.59 Å². The van der Waals surface area contributed by atoms with Gasteiger partial charge in [0.1, 0.15) is 0 Å². The van der Waals surface area contributed by atoms with Gasteiger partial charge < -0.3 is 15.3 Å². The van der Waals surface area contributed by atoms with Crippen molar-refractivity contribution in [2.45, 2.75) is 20.8 Å². The molecular weight excluding hydrogens is 435 g/mol. The Morgan fingerprint density at radius 1 is 0.824 bits per heavy atom. The molecule has 0 aliphatic rings. The van der Waals surface area contributed by atoms with Gasteiger partial charge in [-0.15, -0.1) is 10.2 Å². The number of ether oxygens (including phenoxy) is 1. The zero-order chi connectivity index (χ0) is 23.1. The van der Waals surface area contributed by atoms with E-state index in [2.05, 4.69) is 20.6 Å². The van der Waals surface area contributed by atoms with Gasteiger partial charge in [-0.2, -0.15) is 0 Å². The van der Waals surface area contributed by atoms with E-state index >= 15 is 0 Å². The van der Waals surface area contributed by atoms with Crippen molar-refractivity contribution in [3.8, 4) is 11.4 Å². The van der Waals surface area contributed by atoms with Crippen LogP contribution in [-0.2, 0) is 4.74 Å². The van der Waals surface area contributed by atoms with E-state index in [0.717, 1.165) is 11.4 Å². The fourth-order valence-corrected chi connectivity index (χ4v) is 2.87. The van der Waals surface area contributed by atoms with E-state index in [4.69, 9.17) is 9.84 Å². The molecule has 0 aliphatic heterocycles. The third-order valence-corrected chi connectivity index (χ3v) is 4.46. The number of esters is 1. The molecule has 0 atom stereocenters. The molecule has 2 N–H and O–H groups in total. The van der Waals surface area contributed by atoms with Gasteiger partial charge in [0.05, 0.1) is 29.4 Å². The van der Waals surface area contributed by atoms with Crippen molar-refractivity contribution in [3.63, 3.8) is 0 Å². The van der Waals surface area contributed by atoms with Crippen molar-refractivity contribution in [2.75, 3.05) is 6.61 Å². The van der Waals surface area contributed by atoms with Crippen LogP contribution in [0, 0.1) is 13.8 Å². The first-order chi connectivity index (χ1) is 15.4. The summed E-state index contributed by atoms with van der Waals surface area (Å²) in [5.41, 5.74) is 3.11. The number of hydrogen-bond acceptors (Lipinski definition) is 8. The molecule has 0 bridgehead atoms. The molecule has 0 fully saturated rings. The minimum atomic E-state index is -1.06. The summed E-state index contributed by atoms with van der Waals surface area (Å²) >= 11 is 0. The summed E-state index contributed by atoms with van der Waals surface area (Å²) in [5, 5.41) is 24.0. The van der Waals surface area contributed by atoms with Crippen molar-refractivity contribution >= 4 is 11.9 Å². The fraction of sp³-hybridized carbons (Fsp3) is 0.182. The van der Waals surface area contributed by atoms with Gasteiger partial charge in [-0.25, -0.2) is 19.0 Å². The number of carbonyl (C=O) groups is 2. The number of carboxylic acids is 1. The number of carbonyl (C=O) groups excluding carboxylic acids is 1. The Bertz CT molecular complexity index is 1210. The van der Waals surface area contributed by atoms with Crippen molar-refractivity contribution in [3.05, 3.63) is 83.4 Å². The van der Waals surface area contributed by atoms with Crippen LogP contribution in [0.3, 0.4) is 0 Å². The Kier molecular flexibility index (Phi) is 10.8. The van der Waals surface area contributed by atoms with Crippen LogP contribution in [0.25, 0.3) is 11.4 Å². The van der Waals surface area contributed by atoms with Gasteiger partial charge in [-0.3, -0.25) is 0 Å². The maximum absolute atomic E-state index is 11.6. The van der Waals surface area contributed by atoms with Crippen LogP contribution in [-0.4, -0.2) is 59.1 Å². The number of nitrogens with zero attached hydrogens (tertiary/aromatic N) is 6. The fourth-order valence-electron chi connectivity index (χ4n) is 2.87. The third kappa shape index (κ3) is 6.38. The number of aromatic carboxylic acids is 1. The molecule has 2 aromatic carbocycles. The van der Waals surface area contributed by atoms with Crippen molar-refractivity contribution in [1.29, 1.82) is 0 Å². The summed E-state index contributed by atoms with van der Waals surface area (Å²) in [6, 6.07) is 18.8. The first-order valence-corrected chi connectivity index (χ1v) is 9.79. The van der Waals surface area contributed by atoms with Crippen LogP contribution < -0.4 is 18.9 Å². The molecule has 0 aliphatic carbocycles. The number of para-hydroxylation sites is 2. The average Bonchev–Trinajstić information content (AvgIpc) is 3.38. The summed E-state index contributed by atoms with van der Waals surface area (Å²) in [7, 11) is 0. The molecule has 11 nitrogen and oxygen atoms in total. The van der Waals surface area contributed by atoms with Gasteiger partial charge in [0, 0.05) is 0 Å². The molecule has 0 saturated carbocycles. The first kappa shape index (κ1) is 28.3. The summed E-state index contributed by atoms with van der Waals surface area (Å²) in [4.78, 5) is 22.3. The molecule has 0 radical (unpaired) electrons. The molecule has 0 saturated heterocycles. The van der Waals surface area contributed by atoms with Gasteiger partial charge in [0.15, 0.2) is 11.4 Å². The van der Waals surface area contributed by atoms with Gasteiger partial charge in [0.25, 0.3) is 0 Å². The summed E-state index contributed by atoms with van der Waals surface area (Å²) in [6.07, 6.45) is 0. The van der Waals surface area contributed by atoms with E-state index in [1.807, 2.05) is 60.7 Å². The average molecular weight is 458 g/mol. The maximum Gasteiger partial charge on any atom is 1.00 e. The Morgan fingerprint density at radius 3 is 1.62 bits per heavy atom. The van der Waals surface area contributed by atoms with Crippen molar-refractivity contribution < 1.29 is 43.8 Å². The monoisotopic (exact) mass is 458 g/mol. The number of aromatic nitrogens is 6. The molecule has 0 amide bonds. The molecule has 0 unspecified atom stereocenters. The van der Waals surface area contributed by atoms with Crippen LogP contribution in [0.1, 0.15) is 39.3 Å². The Labute approximate surface area is 207 Å². The number of rotatable bonds is 5. The van der Waals surface area contributed by atoms with E-state index in [0.29, 0.717) is 18.0 Å². The van der Waals surface area contributed by atoms with Crippen LogP contribution in [0.4, 0.5) is 0 Å². The number of hydrogen-bond donors (Lipinski definition) is 1. The van der Waals surface area contributed by atoms with Crippen LogP contribution in [0.5, 0.6) is 0 Å². The van der Waals surface area contributed by atoms with E-state index in [-0.39, 0.29) is 35.7 Å². The van der Waals surface area contributed by atoms with Crippen LogP contribution in [0.15, 0.2) is 60.7 Å². The summed E-state index contributed by atoms with van der Waals surface area (Å²) in [6.45, 7) is 5.56. The van der Waals surface area contributed by atoms with E-state index < -0.39 is 11.9 Å². The minimum absolute atomic E-state index is 0. The third-order valence-electron chi connectivity index (χ3n) is 4.46. The number of benzene rings is 2. The molecule has 12 heteroatoms. The SMILES string of the molecule is CCOC(=O)c1nnn(-c2ccccc2)c1C.Cc1c(C(=O)O)nnn1-c1ccccc1.[Li+].[OH-]. The molecule has 0 spiro atoms. The van der Waals surface area contributed by atoms with E-state index in [1.165, 1.54) is 4.68 Å². The maximum atomic E-state index is 11.6. The van der Waals surface area contributed by atoms with Crippen molar-refractivity contribution in [1.82, 2.24) is 30.0 Å². The second-order valence-corrected chi connectivity index (χ2v) is 6.57. The van der Waals surface area contributed by atoms with Gasteiger partial charge in [-0.05, 0) is 45.0 Å². The largest absolute Gasteiger partial charge is 1.00 e. The van der Waals surface area contributed by atoms with Gasteiger partial charge >= 0.3 is 30.8 Å². The Balaban J connectivity index is 0.000000323. The van der Waals surface area contributed by atoms with Crippen LogP contribution in [0.2, 0.25) is 0 Å². The molecule has 2 heterocycles. The Hall–Kier alpha value is -3.78. The van der Waals surface area contributed by atoms with Crippen molar-refractivity contribution in [2.24, 2.45) is 0 Å².